The van der Waals surface area contributed by atoms with Gasteiger partial charge < -0.3 is 20.2 Å². The lowest BCUT2D eigenvalue weighted by atomic mass is 9.83. The number of phenolic OH excluding ortho intramolecular Hbond substituents is 1. The minimum Gasteiger partial charge on any atom is -0.508 e. The molecule has 24 heavy (non-hydrogen) atoms. The largest absolute Gasteiger partial charge is 0.508 e. The van der Waals surface area contributed by atoms with Gasteiger partial charge in [-0.2, -0.15) is 0 Å². The second-order valence-corrected chi connectivity index (χ2v) is 6.88. The molecule has 128 valence electrons. The first-order chi connectivity index (χ1) is 11.5. The van der Waals surface area contributed by atoms with E-state index in [0.717, 1.165) is 24.2 Å². The summed E-state index contributed by atoms with van der Waals surface area (Å²) in [7, 11) is 0. The van der Waals surface area contributed by atoms with Crippen molar-refractivity contribution in [3.05, 3.63) is 65.7 Å². The smallest absolute Gasteiger partial charge is 0.130 e. The highest BCUT2D eigenvalue weighted by Gasteiger charge is 2.39. The molecule has 0 bridgehead atoms. The second kappa shape index (κ2) is 6.93. The maximum atomic E-state index is 10.9. The Hall–Kier alpha value is -1.88. The number of aliphatic hydroxyl groups is 2. The highest BCUT2D eigenvalue weighted by atomic mass is 16.3. The van der Waals surface area contributed by atoms with Crippen molar-refractivity contribution in [3.8, 4) is 5.75 Å². The SMILES string of the molecule is C[C@@H]([C@@H](O)c1ccc(O)cc1)[NH+]1CCC(O)(c2ccccc2)CC1. The van der Waals surface area contributed by atoms with E-state index in [1.807, 2.05) is 37.3 Å². The number of piperidine rings is 1. The fraction of sp³-hybridized carbons (Fsp3) is 0.400. The maximum Gasteiger partial charge on any atom is 0.130 e. The molecule has 0 amide bonds. The number of rotatable bonds is 4. The lowest BCUT2D eigenvalue weighted by Gasteiger charge is -2.39. The van der Waals surface area contributed by atoms with Crippen LogP contribution in [0, 0.1) is 0 Å². The molecule has 4 nitrogen and oxygen atoms in total. The third-order valence-electron chi connectivity index (χ3n) is 5.38. The van der Waals surface area contributed by atoms with Crippen LogP contribution in [0.15, 0.2) is 54.6 Å². The number of likely N-dealkylation sites (tertiary alicyclic amines) is 1. The lowest BCUT2D eigenvalue weighted by molar-refractivity contribution is -0.935. The van der Waals surface area contributed by atoms with E-state index in [9.17, 15) is 15.3 Å². The molecule has 4 heteroatoms. The van der Waals surface area contributed by atoms with E-state index in [4.69, 9.17) is 0 Å². The first-order valence-electron chi connectivity index (χ1n) is 8.59. The van der Waals surface area contributed by atoms with Crippen LogP contribution in [0.3, 0.4) is 0 Å². The Bertz CT molecular complexity index is 648. The van der Waals surface area contributed by atoms with Crippen molar-refractivity contribution >= 4 is 0 Å². The Balaban J connectivity index is 1.64. The third kappa shape index (κ3) is 3.46. The van der Waals surface area contributed by atoms with Gasteiger partial charge in [-0.15, -0.1) is 0 Å². The molecule has 2 aromatic rings. The monoisotopic (exact) mass is 328 g/mol. The van der Waals surface area contributed by atoms with E-state index in [1.165, 1.54) is 4.90 Å². The number of hydrogen-bond acceptors (Lipinski definition) is 3. The van der Waals surface area contributed by atoms with Crippen LogP contribution in [-0.4, -0.2) is 34.5 Å². The Morgan fingerprint density at radius 1 is 0.958 bits per heavy atom. The predicted octanol–water partition coefficient (Wildman–Crippen LogP) is 1.38. The molecule has 0 unspecified atom stereocenters. The minimum absolute atomic E-state index is 0.0369. The predicted molar refractivity (Wildman–Crippen MR) is 92.8 cm³/mol. The summed E-state index contributed by atoms with van der Waals surface area (Å²) in [5.74, 6) is 0.205. The van der Waals surface area contributed by atoms with E-state index < -0.39 is 11.7 Å². The summed E-state index contributed by atoms with van der Waals surface area (Å²) in [6, 6.07) is 16.6. The van der Waals surface area contributed by atoms with Crippen LogP contribution in [0.25, 0.3) is 0 Å². The van der Waals surface area contributed by atoms with Crippen LogP contribution in [0.2, 0.25) is 0 Å². The van der Waals surface area contributed by atoms with Crippen LogP contribution in [0.1, 0.15) is 37.0 Å². The van der Waals surface area contributed by atoms with Gasteiger partial charge in [0.1, 0.15) is 23.5 Å². The van der Waals surface area contributed by atoms with Gasteiger partial charge in [0.15, 0.2) is 0 Å². The molecule has 3 rings (SSSR count). The number of aromatic hydroxyl groups is 1. The van der Waals surface area contributed by atoms with Crippen LogP contribution in [0.5, 0.6) is 5.75 Å². The van der Waals surface area contributed by atoms with Gasteiger partial charge in [0.05, 0.1) is 13.1 Å². The zero-order chi connectivity index (χ0) is 17.2. The van der Waals surface area contributed by atoms with Crippen LogP contribution >= 0.6 is 0 Å². The Morgan fingerprint density at radius 2 is 1.54 bits per heavy atom. The fourth-order valence-electron chi connectivity index (χ4n) is 3.66. The van der Waals surface area contributed by atoms with Crippen molar-refractivity contribution in [3.63, 3.8) is 0 Å². The van der Waals surface area contributed by atoms with Crippen LogP contribution in [-0.2, 0) is 5.60 Å². The van der Waals surface area contributed by atoms with Crippen molar-refractivity contribution in [2.45, 2.75) is 37.5 Å². The molecule has 1 aliphatic heterocycles. The summed E-state index contributed by atoms with van der Waals surface area (Å²) >= 11 is 0. The molecule has 1 fully saturated rings. The molecule has 0 aliphatic carbocycles. The molecule has 0 spiro atoms. The highest BCUT2D eigenvalue weighted by molar-refractivity contribution is 5.27. The molecule has 0 radical (unpaired) electrons. The molecule has 1 heterocycles. The first kappa shape index (κ1) is 17.0. The summed E-state index contributed by atoms with van der Waals surface area (Å²) in [4.78, 5) is 1.30. The summed E-state index contributed by atoms with van der Waals surface area (Å²) < 4.78 is 0. The van der Waals surface area contributed by atoms with Crippen LogP contribution in [0.4, 0.5) is 0 Å². The number of benzene rings is 2. The molecule has 0 saturated carbocycles. The van der Waals surface area contributed by atoms with Gasteiger partial charge in [-0.1, -0.05) is 42.5 Å². The van der Waals surface area contributed by atoms with Gasteiger partial charge in [-0.3, -0.25) is 0 Å². The Labute approximate surface area is 143 Å². The molecule has 4 N–H and O–H groups in total. The minimum atomic E-state index is -0.756. The average Bonchev–Trinajstić information content (AvgIpc) is 2.62. The van der Waals surface area contributed by atoms with E-state index in [2.05, 4.69) is 0 Å². The highest BCUT2D eigenvalue weighted by Crippen LogP contribution is 2.29. The quantitative estimate of drug-likeness (QED) is 0.686. The Morgan fingerprint density at radius 3 is 2.12 bits per heavy atom. The average molecular weight is 328 g/mol. The number of phenols is 1. The lowest BCUT2D eigenvalue weighted by Crippen LogP contribution is -3.17. The van der Waals surface area contributed by atoms with Crippen molar-refractivity contribution in [2.24, 2.45) is 0 Å². The van der Waals surface area contributed by atoms with Gasteiger partial charge in [0.25, 0.3) is 0 Å². The molecule has 2 atom stereocenters. The van der Waals surface area contributed by atoms with Gasteiger partial charge >= 0.3 is 0 Å². The van der Waals surface area contributed by atoms with Crippen molar-refractivity contribution in [1.82, 2.24) is 0 Å². The van der Waals surface area contributed by atoms with Gasteiger partial charge in [-0.05, 0) is 30.2 Å². The van der Waals surface area contributed by atoms with Gasteiger partial charge in [-0.25, -0.2) is 0 Å². The molecule has 0 aromatic heterocycles. The fourth-order valence-corrected chi connectivity index (χ4v) is 3.66. The van der Waals surface area contributed by atoms with E-state index in [-0.39, 0.29) is 11.8 Å². The first-order valence-corrected chi connectivity index (χ1v) is 8.59. The summed E-state index contributed by atoms with van der Waals surface area (Å²) in [6.45, 7) is 3.68. The van der Waals surface area contributed by atoms with Crippen molar-refractivity contribution in [2.75, 3.05) is 13.1 Å². The molecular formula is C20H26NO3+. The van der Waals surface area contributed by atoms with Crippen molar-refractivity contribution in [1.29, 1.82) is 0 Å². The van der Waals surface area contributed by atoms with Gasteiger partial charge in [0, 0.05) is 12.8 Å². The number of nitrogens with one attached hydrogen (secondary N) is 1. The maximum absolute atomic E-state index is 10.9. The zero-order valence-corrected chi connectivity index (χ0v) is 14.0. The van der Waals surface area contributed by atoms with Gasteiger partial charge in [0.2, 0.25) is 0 Å². The standard InChI is InChI=1S/C20H25NO3/c1-15(19(23)16-7-9-18(22)10-8-16)21-13-11-20(24,12-14-21)17-5-3-2-4-6-17/h2-10,15,19,22-24H,11-14H2,1H3/p+1/t15-,19+/m0/s1. The number of aliphatic hydroxyl groups excluding tert-OH is 1. The van der Waals surface area contributed by atoms with Crippen LogP contribution < -0.4 is 4.90 Å². The zero-order valence-electron chi connectivity index (χ0n) is 14.0. The van der Waals surface area contributed by atoms with Crippen molar-refractivity contribution < 1.29 is 20.2 Å². The number of hydrogen-bond donors (Lipinski definition) is 4. The van der Waals surface area contributed by atoms with E-state index in [0.29, 0.717) is 12.8 Å². The molecular weight excluding hydrogens is 302 g/mol. The topological polar surface area (TPSA) is 65.1 Å². The Kier molecular flexibility index (Phi) is 4.90. The molecule has 2 aromatic carbocycles. The van der Waals surface area contributed by atoms with E-state index in [1.54, 1.807) is 24.3 Å². The molecule has 1 saturated heterocycles. The summed E-state index contributed by atoms with van der Waals surface area (Å²) in [5.41, 5.74) is 1.04. The summed E-state index contributed by atoms with van der Waals surface area (Å²) in [6.07, 6.45) is 0.807. The second-order valence-electron chi connectivity index (χ2n) is 6.88. The summed E-state index contributed by atoms with van der Waals surface area (Å²) in [5, 5.41) is 30.9. The molecule has 1 aliphatic rings. The van der Waals surface area contributed by atoms with E-state index >= 15 is 0 Å². The third-order valence-corrected chi connectivity index (χ3v) is 5.38. The number of quaternary nitrogens is 1. The normalized spacial score (nSPS) is 26.7.